The number of fused-ring (bicyclic) bond motifs is 1. The molecule has 26 heavy (non-hydrogen) atoms. The lowest BCUT2D eigenvalue weighted by atomic mass is 9.61. The summed E-state index contributed by atoms with van der Waals surface area (Å²) < 4.78 is 0. The van der Waals surface area contributed by atoms with Crippen molar-refractivity contribution in [3.63, 3.8) is 0 Å². The van der Waals surface area contributed by atoms with Gasteiger partial charge in [-0.25, -0.2) is 4.79 Å². The zero-order chi connectivity index (χ0) is 19.3. The number of carboxylic acids is 1. The lowest BCUT2D eigenvalue weighted by molar-refractivity contribution is 0.0697. The quantitative estimate of drug-likeness (QED) is 0.657. The van der Waals surface area contributed by atoms with Gasteiger partial charge in [0.25, 0.3) is 0 Å². The Balaban J connectivity index is 2.17. The van der Waals surface area contributed by atoms with Gasteiger partial charge in [0.15, 0.2) is 0 Å². The average molecular weight is 369 g/mol. The monoisotopic (exact) mass is 368 g/mol. The molecule has 138 valence electrons. The van der Waals surface area contributed by atoms with Crippen LogP contribution in [0.1, 0.15) is 84.9 Å². The number of carboxylic acid groups (broad SMARTS) is 1. The van der Waals surface area contributed by atoms with Crippen molar-refractivity contribution in [1.29, 1.82) is 0 Å². The highest BCUT2D eigenvalue weighted by Gasteiger charge is 2.38. The summed E-state index contributed by atoms with van der Waals surface area (Å²) >= 11 is 1.48. The number of allylic oxidation sites excluding steroid dienone is 1. The Morgan fingerprint density at radius 1 is 1.12 bits per heavy atom. The molecule has 1 N–H and O–H groups in total. The molecule has 0 saturated carbocycles. The molecule has 1 aliphatic carbocycles. The standard InChI is InChI=1S/C23H28O2S/c1-14-9-18(15(2)11-17-12-16(13-26-17)21(24)25)20-19(10-14)22(3,4)7-8-23(20,5)6/h9-13H,7-8H2,1-6H3,(H,24,25)/b15-11+. The van der Waals surface area contributed by atoms with Gasteiger partial charge in [-0.15, -0.1) is 11.3 Å². The van der Waals surface area contributed by atoms with Crippen molar-refractivity contribution in [2.45, 2.75) is 65.2 Å². The molecule has 0 unspecified atom stereocenters. The van der Waals surface area contributed by atoms with E-state index in [4.69, 9.17) is 5.11 Å². The maximum absolute atomic E-state index is 11.1. The van der Waals surface area contributed by atoms with Crippen molar-refractivity contribution in [2.24, 2.45) is 0 Å². The second kappa shape index (κ2) is 6.38. The zero-order valence-electron chi connectivity index (χ0n) is 16.6. The number of aromatic carboxylic acids is 1. The summed E-state index contributed by atoms with van der Waals surface area (Å²) in [7, 11) is 0. The Morgan fingerprint density at radius 3 is 2.38 bits per heavy atom. The van der Waals surface area contributed by atoms with Crippen LogP contribution < -0.4 is 0 Å². The lowest BCUT2D eigenvalue weighted by Crippen LogP contribution is -2.35. The zero-order valence-corrected chi connectivity index (χ0v) is 17.4. The SMILES string of the molecule is C/C(=C\c1cc(C(=O)O)cs1)c1cc(C)cc2c1C(C)(C)CCC2(C)C. The molecule has 1 aromatic carbocycles. The summed E-state index contributed by atoms with van der Waals surface area (Å²) in [4.78, 5) is 12.1. The largest absolute Gasteiger partial charge is 0.478 e. The van der Waals surface area contributed by atoms with E-state index in [1.807, 2.05) is 0 Å². The van der Waals surface area contributed by atoms with Gasteiger partial charge in [0.2, 0.25) is 0 Å². The second-order valence-corrected chi connectivity index (χ2v) is 9.82. The normalized spacial score (nSPS) is 18.5. The second-order valence-electron chi connectivity index (χ2n) is 8.87. The number of thiophene rings is 1. The van der Waals surface area contributed by atoms with Crippen LogP contribution in [0.5, 0.6) is 0 Å². The number of benzene rings is 1. The predicted octanol–water partition coefficient (Wildman–Crippen LogP) is 6.66. The minimum absolute atomic E-state index is 0.144. The Hall–Kier alpha value is -1.87. The van der Waals surface area contributed by atoms with Gasteiger partial charge in [0.05, 0.1) is 5.56 Å². The third kappa shape index (κ3) is 3.37. The Morgan fingerprint density at radius 2 is 1.77 bits per heavy atom. The van der Waals surface area contributed by atoms with Crippen molar-refractivity contribution in [2.75, 3.05) is 0 Å². The summed E-state index contributed by atoms with van der Waals surface area (Å²) in [6.07, 6.45) is 4.51. The van der Waals surface area contributed by atoms with Crippen LogP contribution >= 0.6 is 11.3 Å². The molecular formula is C23H28O2S. The lowest BCUT2D eigenvalue weighted by Gasteiger charge is -2.43. The first kappa shape index (κ1) is 18.9. The van der Waals surface area contributed by atoms with E-state index in [0.29, 0.717) is 5.56 Å². The molecule has 0 saturated heterocycles. The highest BCUT2D eigenvalue weighted by Crippen LogP contribution is 2.48. The van der Waals surface area contributed by atoms with E-state index in [9.17, 15) is 4.79 Å². The van der Waals surface area contributed by atoms with Crippen LogP contribution in [0, 0.1) is 6.92 Å². The smallest absolute Gasteiger partial charge is 0.336 e. The topological polar surface area (TPSA) is 37.3 Å². The van der Waals surface area contributed by atoms with E-state index < -0.39 is 5.97 Å². The van der Waals surface area contributed by atoms with Gasteiger partial charge >= 0.3 is 5.97 Å². The molecule has 0 aliphatic heterocycles. The summed E-state index contributed by atoms with van der Waals surface area (Å²) in [6, 6.07) is 6.41. The van der Waals surface area contributed by atoms with E-state index in [0.717, 1.165) is 4.88 Å². The van der Waals surface area contributed by atoms with E-state index in [-0.39, 0.29) is 10.8 Å². The molecule has 0 radical (unpaired) electrons. The molecule has 1 aromatic heterocycles. The van der Waals surface area contributed by atoms with E-state index in [1.165, 1.54) is 52.0 Å². The van der Waals surface area contributed by atoms with Crippen molar-refractivity contribution < 1.29 is 9.90 Å². The maximum atomic E-state index is 11.1. The fourth-order valence-corrected chi connectivity index (χ4v) is 4.95. The van der Waals surface area contributed by atoms with Gasteiger partial charge in [-0.3, -0.25) is 0 Å². The van der Waals surface area contributed by atoms with Crippen molar-refractivity contribution in [1.82, 2.24) is 0 Å². The van der Waals surface area contributed by atoms with Gasteiger partial charge in [0.1, 0.15) is 0 Å². The summed E-state index contributed by atoms with van der Waals surface area (Å²) in [5.74, 6) is -0.866. The third-order valence-corrected chi connectivity index (χ3v) is 6.59. The van der Waals surface area contributed by atoms with Crippen LogP contribution in [0.2, 0.25) is 0 Å². The van der Waals surface area contributed by atoms with Crippen LogP contribution in [-0.4, -0.2) is 11.1 Å². The molecule has 0 bridgehead atoms. The predicted molar refractivity (Wildman–Crippen MR) is 111 cm³/mol. The summed E-state index contributed by atoms with van der Waals surface area (Å²) in [5, 5.41) is 10.9. The first-order chi connectivity index (χ1) is 12.0. The summed E-state index contributed by atoms with van der Waals surface area (Å²) in [5.41, 5.74) is 7.42. The van der Waals surface area contributed by atoms with Crippen LogP contribution in [0.4, 0.5) is 0 Å². The number of aryl methyl sites for hydroxylation is 1. The molecule has 1 heterocycles. The number of carbonyl (C=O) groups is 1. The molecule has 3 rings (SSSR count). The van der Waals surface area contributed by atoms with E-state index >= 15 is 0 Å². The molecule has 0 spiro atoms. The van der Waals surface area contributed by atoms with E-state index in [2.05, 4.69) is 59.8 Å². The average Bonchev–Trinajstić information content (AvgIpc) is 3.00. The highest BCUT2D eigenvalue weighted by atomic mass is 32.1. The van der Waals surface area contributed by atoms with Gasteiger partial charge < -0.3 is 5.11 Å². The Bertz CT molecular complexity index is 897. The number of rotatable bonds is 3. The first-order valence-corrected chi connectivity index (χ1v) is 10.1. The molecule has 0 atom stereocenters. The van der Waals surface area contributed by atoms with Crippen LogP contribution in [-0.2, 0) is 10.8 Å². The van der Waals surface area contributed by atoms with Gasteiger partial charge in [-0.1, -0.05) is 45.4 Å². The summed E-state index contributed by atoms with van der Waals surface area (Å²) in [6.45, 7) is 13.7. The molecule has 2 nitrogen and oxygen atoms in total. The number of hydrogen-bond acceptors (Lipinski definition) is 2. The van der Waals surface area contributed by atoms with Crippen molar-refractivity contribution in [3.05, 3.63) is 56.3 Å². The molecule has 3 heteroatoms. The first-order valence-electron chi connectivity index (χ1n) is 9.17. The van der Waals surface area contributed by atoms with Gasteiger partial charge in [-0.05, 0) is 71.9 Å². The maximum Gasteiger partial charge on any atom is 0.336 e. The molecular weight excluding hydrogens is 340 g/mol. The minimum atomic E-state index is -0.866. The van der Waals surface area contributed by atoms with Gasteiger partial charge in [0, 0.05) is 10.3 Å². The van der Waals surface area contributed by atoms with Crippen LogP contribution in [0.15, 0.2) is 23.6 Å². The van der Waals surface area contributed by atoms with Crippen molar-refractivity contribution >= 4 is 29.0 Å². The van der Waals surface area contributed by atoms with Gasteiger partial charge in [-0.2, -0.15) is 0 Å². The Labute approximate surface area is 160 Å². The Kier molecular flexibility index (Phi) is 4.64. The highest BCUT2D eigenvalue weighted by molar-refractivity contribution is 7.11. The van der Waals surface area contributed by atoms with Crippen LogP contribution in [0.3, 0.4) is 0 Å². The molecule has 0 fully saturated rings. The fourth-order valence-electron chi connectivity index (χ4n) is 4.08. The minimum Gasteiger partial charge on any atom is -0.478 e. The molecule has 1 aliphatic rings. The molecule has 0 amide bonds. The molecule has 2 aromatic rings. The van der Waals surface area contributed by atoms with Crippen LogP contribution in [0.25, 0.3) is 11.6 Å². The fraction of sp³-hybridized carbons (Fsp3) is 0.435. The van der Waals surface area contributed by atoms with Crippen molar-refractivity contribution in [3.8, 4) is 0 Å². The third-order valence-electron chi connectivity index (χ3n) is 5.71. The van der Waals surface area contributed by atoms with E-state index in [1.54, 1.807) is 11.4 Å². The number of hydrogen-bond donors (Lipinski definition) is 1.